The summed E-state index contributed by atoms with van der Waals surface area (Å²) >= 11 is 0. The summed E-state index contributed by atoms with van der Waals surface area (Å²) in [4.78, 5) is 18.4. The van der Waals surface area contributed by atoms with E-state index in [0.717, 1.165) is 12.1 Å². The lowest BCUT2D eigenvalue weighted by Gasteiger charge is -2.31. The van der Waals surface area contributed by atoms with E-state index < -0.39 is 6.10 Å². The first-order chi connectivity index (χ1) is 10.7. The van der Waals surface area contributed by atoms with Crippen LogP contribution >= 0.6 is 0 Å². The van der Waals surface area contributed by atoms with Crippen LogP contribution < -0.4 is 10.1 Å². The predicted molar refractivity (Wildman–Crippen MR) is 76.8 cm³/mol. The van der Waals surface area contributed by atoms with Gasteiger partial charge in [0.15, 0.2) is 0 Å². The number of carbonyl (C=O) groups excluding carboxylic acids is 1. The van der Waals surface area contributed by atoms with Crippen LogP contribution in [0.4, 0.5) is 0 Å². The second-order valence-electron chi connectivity index (χ2n) is 5.56. The zero-order valence-electron chi connectivity index (χ0n) is 12.2. The number of ether oxygens (including phenoxy) is 1. The van der Waals surface area contributed by atoms with Gasteiger partial charge in [-0.3, -0.25) is 9.78 Å². The van der Waals surface area contributed by atoms with E-state index in [9.17, 15) is 9.90 Å². The molecule has 1 fully saturated rings. The minimum atomic E-state index is -0.659. The monoisotopic (exact) mass is 302 g/mol. The molecule has 0 aliphatic carbocycles. The van der Waals surface area contributed by atoms with Crippen LogP contribution in [0.2, 0.25) is 0 Å². The van der Waals surface area contributed by atoms with Crippen LogP contribution in [-0.4, -0.2) is 53.2 Å². The molecule has 1 aromatic rings. The summed E-state index contributed by atoms with van der Waals surface area (Å²) in [6.07, 6.45) is 3.06. The second-order valence-corrected chi connectivity index (χ2v) is 5.56. The Labute approximate surface area is 128 Å². The average molecular weight is 302 g/mol. The molecule has 7 heteroatoms. The quantitative estimate of drug-likeness (QED) is 0.735. The first-order valence-corrected chi connectivity index (χ1v) is 7.38. The summed E-state index contributed by atoms with van der Waals surface area (Å²) in [5.41, 5.74) is 1.11. The number of carbonyl (C=O) groups is 1. The topological polar surface area (TPSA) is 98.5 Å². The van der Waals surface area contributed by atoms with E-state index in [4.69, 9.17) is 10.00 Å². The Morgan fingerprint density at radius 3 is 3.18 bits per heavy atom. The molecule has 116 valence electrons. The molecule has 0 saturated carbocycles. The first-order valence-electron chi connectivity index (χ1n) is 7.38. The fourth-order valence-corrected chi connectivity index (χ4v) is 2.95. The SMILES string of the molecule is N#Cc1cncc2c1OCCN(C(=O)C1CCNCC1O)C2. The molecule has 3 heterocycles. The number of nitriles is 1. The van der Waals surface area contributed by atoms with Crippen molar-refractivity contribution in [3.63, 3.8) is 0 Å². The number of piperidine rings is 1. The van der Waals surface area contributed by atoms with Gasteiger partial charge in [0.05, 0.1) is 25.1 Å². The molecule has 3 rings (SSSR count). The highest BCUT2D eigenvalue weighted by molar-refractivity contribution is 5.79. The van der Waals surface area contributed by atoms with Crippen molar-refractivity contribution < 1.29 is 14.6 Å². The number of aromatic nitrogens is 1. The molecule has 7 nitrogen and oxygen atoms in total. The number of β-amino-alcohol motifs (C(OH)–C–C–N with tert-alkyl or cyclic N) is 1. The number of hydrogen-bond donors (Lipinski definition) is 2. The Hall–Kier alpha value is -2.17. The van der Waals surface area contributed by atoms with Gasteiger partial charge in [0.2, 0.25) is 5.91 Å². The third-order valence-electron chi connectivity index (χ3n) is 4.14. The number of fused-ring (bicyclic) bond motifs is 1. The van der Waals surface area contributed by atoms with Crippen molar-refractivity contribution in [3.8, 4) is 11.8 Å². The van der Waals surface area contributed by atoms with Crippen LogP contribution in [0, 0.1) is 17.2 Å². The Morgan fingerprint density at radius 1 is 1.55 bits per heavy atom. The number of rotatable bonds is 1. The molecular formula is C15H18N4O3. The van der Waals surface area contributed by atoms with Crippen LogP contribution in [-0.2, 0) is 11.3 Å². The maximum absolute atomic E-state index is 12.7. The van der Waals surface area contributed by atoms with E-state index in [2.05, 4.69) is 16.4 Å². The lowest BCUT2D eigenvalue weighted by molar-refractivity contribution is -0.141. The average Bonchev–Trinajstić information content (AvgIpc) is 2.76. The van der Waals surface area contributed by atoms with Crippen LogP contribution in [0.1, 0.15) is 17.5 Å². The Kier molecular flexibility index (Phi) is 4.22. The standard InChI is InChI=1S/C15H18N4O3/c16-5-10-6-18-7-11-9-19(3-4-22-14(10)11)15(21)12-1-2-17-8-13(12)20/h6-7,12-13,17,20H,1-4,8-9H2. The van der Waals surface area contributed by atoms with Crippen molar-refractivity contribution >= 4 is 5.91 Å². The van der Waals surface area contributed by atoms with E-state index in [1.54, 1.807) is 11.1 Å². The van der Waals surface area contributed by atoms with Crippen LogP contribution in [0.3, 0.4) is 0 Å². The van der Waals surface area contributed by atoms with Crippen molar-refractivity contribution in [1.82, 2.24) is 15.2 Å². The Bertz CT molecular complexity index is 613. The van der Waals surface area contributed by atoms with E-state index in [1.807, 2.05) is 0 Å². The van der Waals surface area contributed by atoms with Crippen molar-refractivity contribution in [3.05, 3.63) is 23.5 Å². The fraction of sp³-hybridized carbons (Fsp3) is 0.533. The highest BCUT2D eigenvalue weighted by Gasteiger charge is 2.33. The van der Waals surface area contributed by atoms with Crippen molar-refractivity contribution in [2.24, 2.45) is 5.92 Å². The number of hydrogen-bond acceptors (Lipinski definition) is 6. The molecule has 0 bridgehead atoms. The molecule has 0 aromatic carbocycles. The summed E-state index contributed by atoms with van der Waals surface area (Å²) in [5, 5.41) is 22.2. The minimum absolute atomic E-state index is 0.0622. The molecule has 2 unspecified atom stereocenters. The van der Waals surface area contributed by atoms with E-state index in [-0.39, 0.29) is 11.8 Å². The molecule has 2 N–H and O–H groups in total. The fourth-order valence-electron chi connectivity index (χ4n) is 2.95. The summed E-state index contributed by atoms with van der Waals surface area (Å²) in [5.74, 6) is 0.0707. The van der Waals surface area contributed by atoms with Gasteiger partial charge in [-0.05, 0) is 13.0 Å². The molecule has 1 saturated heterocycles. The largest absolute Gasteiger partial charge is 0.490 e. The van der Waals surface area contributed by atoms with Crippen LogP contribution in [0.25, 0.3) is 0 Å². The van der Waals surface area contributed by atoms with E-state index >= 15 is 0 Å². The number of pyridine rings is 1. The lowest BCUT2D eigenvalue weighted by Crippen LogP contribution is -2.49. The first kappa shape index (κ1) is 14.8. The predicted octanol–water partition coefficient (Wildman–Crippen LogP) is -0.355. The number of amides is 1. The van der Waals surface area contributed by atoms with Crippen molar-refractivity contribution in [1.29, 1.82) is 5.26 Å². The summed E-state index contributed by atoms with van der Waals surface area (Å²) < 4.78 is 5.63. The number of nitrogens with one attached hydrogen (secondary N) is 1. The van der Waals surface area contributed by atoms with Gasteiger partial charge >= 0.3 is 0 Å². The molecule has 1 aromatic heterocycles. The van der Waals surface area contributed by atoms with E-state index in [1.165, 1.54) is 6.20 Å². The third kappa shape index (κ3) is 2.75. The maximum atomic E-state index is 12.7. The molecule has 22 heavy (non-hydrogen) atoms. The smallest absolute Gasteiger partial charge is 0.228 e. The molecule has 2 aliphatic heterocycles. The molecule has 2 atom stereocenters. The number of aliphatic hydroxyl groups excluding tert-OH is 1. The zero-order chi connectivity index (χ0) is 15.5. The Morgan fingerprint density at radius 2 is 2.41 bits per heavy atom. The summed E-state index contributed by atoms with van der Waals surface area (Å²) in [6, 6.07) is 2.06. The van der Waals surface area contributed by atoms with E-state index in [0.29, 0.717) is 44.0 Å². The van der Waals surface area contributed by atoms with Crippen molar-refractivity contribution in [2.75, 3.05) is 26.2 Å². The molecule has 1 amide bonds. The maximum Gasteiger partial charge on any atom is 0.228 e. The normalized spacial score (nSPS) is 24.6. The summed E-state index contributed by atoms with van der Waals surface area (Å²) in [6.45, 7) is 2.30. The van der Waals surface area contributed by atoms with Gasteiger partial charge in [0.25, 0.3) is 0 Å². The molecular weight excluding hydrogens is 284 g/mol. The Balaban J connectivity index is 1.81. The van der Waals surface area contributed by atoms with Gasteiger partial charge in [0.1, 0.15) is 24.0 Å². The van der Waals surface area contributed by atoms with Gasteiger partial charge in [-0.25, -0.2) is 0 Å². The number of nitrogens with zero attached hydrogens (tertiary/aromatic N) is 3. The molecule has 0 radical (unpaired) electrons. The third-order valence-corrected chi connectivity index (χ3v) is 4.14. The van der Waals surface area contributed by atoms with Crippen LogP contribution in [0.15, 0.2) is 12.4 Å². The number of aliphatic hydroxyl groups is 1. The van der Waals surface area contributed by atoms with Gasteiger partial charge < -0.3 is 20.1 Å². The highest BCUT2D eigenvalue weighted by atomic mass is 16.5. The molecule has 0 spiro atoms. The van der Waals surface area contributed by atoms with Crippen molar-refractivity contribution in [2.45, 2.75) is 19.1 Å². The van der Waals surface area contributed by atoms with Crippen LogP contribution in [0.5, 0.6) is 5.75 Å². The van der Waals surface area contributed by atoms with Gasteiger partial charge in [-0.15, -0.1) is 0 Å². The van der Waals surface area contributed by atoms with Gasteiger partial charge in [-0.1, -0.05) is 0 Å². The summed E-state index contributed by atoms with van der Waals surface area (Å²) in [7, 11) is 0. The minimum Gasteiger partial charge on any atom is -0.490 e. The zero-order valence-corrected chi connectivity index (χ0v) is 12.2. The second kappa shape index (κ2) is 6.30. The van der Waals surface area contributed by atoms with Gasteiger partial charge in [-0.2, -0.15) is 5.26 Å². The van der Waals surface area contributed by atoms with Gasteiger partial charge in [0, 0.05) is 24.5 Å². The highest BCUT2D eigenvalue weighted by Crippen LogP contribution is 2.27. The molecule has 2 aliphatic rings. The lowest BCUT2D eigenvalue weighted by atomic mass is 9.93.